The van der Waals surface area contributed by atoms with Crippen LogP contribution in [-0.4, -0.2) is 4.57 Å². The monoisotopic (exact) mass is 509 g/mol. The molecule has 0 saturated heterocycles. The van der Waals surface area contributed by atoms with Gasteiger partial charge < -0.3 is 4.57 Å². The van der Waals surface area contributed by atoms with Crippen LogP contribution in [0.2, 0.25) is 0 Å². The molecule has 0 radical (unpaired) electrons. The van der Waals surface area contributed by atoms with Gasteiger partial charge in [-0.15, -0.1) is 0 Å². The van der Waals surface area contributed by atoms with Gasteiger partial charge in [0.05, 0.1) is 11.0 Å². The molecule has 0 saturated carbocycles. The van der Waals surface area contributed by atoms with E-state index in [1.54, 1.807) is 0 Å². The molecule has 0 atom stereocenters. The third-order valence-corrected chi connectivity index (χ3v) is 9.35. The summed E-state index contributed by atoms with van der Waals surface area (Å²) in [6.07, 6.45) is 0. The Kier molecular flexibility index (Phi) is 4.18. The summed E-state index contributed by atoms with van der Waals surface area (Å²) in [7, 11) is 0. The van der Waals surface area contributed by atoms with E-state index >= 15 is 0 Å². The summed E-state index contributed by atoms with van der Waals surface area (Å²) in [5.41, 5.74) is 9.22. The van der Waals surface area contributed by atoms with Gasteiger partial charge in [-0.25, -0.2) is 0 Å². The molecule has 9 rings (SSSR count). The Bertz CT molecular complexity index is 2350. The molecule has 0 bridgehead atoms. The van der Waals surface area contributed by atoms with Crippen molar-refractivity contribution in [2.45, 2.75) is 19.3 Å². The quantitative estimate of drug-likeness (QED) is 0.194. The molecule has 7 aromatic carbocycles. The minimum absolute atomic E-state index is 0.0499. The zero-order valence-electron chi connectivity index (χ0n) is 22.6. The number of benzene rings is 7. The van der Waals surface area contributed by atoms with Gasteiger partial charge in [0.25, 0.3) is 0 Å². The van der Waals surface area contributed by atoms with Crippen molar-refractivity contribution >= 4 is 54.1 Å². The minimum atomic E-state index is -0.0499. The summed E-state index contributed by atoms with van der Waals surface area (Å²) in [6, 6.07) is 47.3. The van der Waals surface area contributed by atoms with Crippen LogP contribution in [0.1, 0.15) is 25.0 Å². The number of rotatable bonds is 1. The Balaban J connectivity index is 1.50. The van der Waals surface area contributed by atoms with Gasteiger partial charge in [0.1, 0.15) is 0 Å². The lowest BCUT2D eigenvalue weighted by atomic mass is 9.82. The van der Waals surface area contributed by atoms with Crippen molar-refractivity contribution in [3.8, 4) is 16.8 Å². The zero-order valence-corrected chi connectivity index (χ0v) is 22.6. The third-order valence-electron chi connectivity index (χ3n) is 9.35. The molecule has 8 aromatic rings. The Labute approximate surface area is 232 Å². The van der Waals surface area contributed by atoms with Crippen LogP contribution in [0, 0.1) is 0 Å². The van der Waals surface area contributed by atoms with Gasteiger partial charge in [0.2, 0.25) is 0 Å². The molecule has 1 aliphatic carbocycles. The number of hydrogen-bond acceptors (Lipinski definition) is 0. The molecule has 0 unspecified atom stereocenters. The predicted molar refractivity (Wildman–Crippen MR) is 171 cm³/mol. The zero-order chi connectivity index (χ0) is 26.6. The van der Waals surface area contributed by atoms with E-state index in [0.29, 0.717) is 0 Å². The molecular weight excluding hydrogens is 482 g/mol. The lowest BCUT2D eigenvalue weighted by Crippen LogP contribution is -2.15. The van der Waals surface area contributed by atoms with Crippen LogP contribution in [0.25, 0.3) is 70.9 Å². The van der Waals surface area contributed by atoms with E-state index in [-0.39, 0.29) is 5.41 Å². The van der Waals surface area contributed by atoms with Gasteiger partial charge in [-0.2, -0.15) is 0 Å². The third kappa shape index (κ3) is 2.67. The molecule has 1 heteroatoms. The smallest absolute Gasteiger partial charge is 0.0626 e. The molecule has 0 N–H and O–H groups in total. The first-order valence-corrected chi connectivity index (χ1v) is 14.1. The summed E-state index contributed by atoms with van der Waals surface area (Å²) >= 11 is 0. The molecule has 1 nitrogen and oxygen atoms in total. The molecule has 1 heterocycles. The van der Waals surface area contributed by atoms with Crippen LogP contribution >= 0.6 is 0 Å². The van der Waals surface area contributed by atoms with Crippen molar-refractivity contribution in [2.24, 2.45) is 0 Å². The highest BCUT2D eigenvalue weighted by Crippen LogP contribution is 2.50. The van der Waals surface area contributed by atoms with Crippen LogP contribution in [0.4, 0.5) is 0 Å². The van der Waals surface area contributed by atoms with E-state index in [1.807, 2.05) is 0 Å². The van der Waals surface area contributed by atoms with Crippen LogP contribution in [0.15, 0.2) is 127 Å². The highest BCUT2D eigenvalue weighted by molar-refractivity contribution is 6.36. The number of para-hydroxylation sites is 1. The maximum atomic E-state index is 2.52. The first-order valence-electron chi connectivity index (χ1n) is 14.1. The summed E-state index contributed by atoms with van der Waals surface area (Å²) < 4.78 is 2.52. The summed E-state index contributed by atoms with van der Waals surface area (Å²) in [5, 5.41) is 10.5. The fourth-order valence-electron chi connectivity index (χ4n) is 7.54. The number of aromatic nitrogens is 1. The van der Waals surface area contributed by atoms with Gasteiger partial charge in [0, 0.05) is 32.6 Å². The van der Waals surface area contributed by atoms with Gasteiger partial charge in [-0.3, -0.25) is 0 Å². The standard InChI is InChI=1S/C39H27N/c1-39(2)33-17-9-7-14-28(33)29-22-20-25(23-34(29)39)40-35-18-10-8-16-32(35)37-36-26-12-4-3-11-24(26)19-21-30(36)27-13-5-6-15-31(27)38(37)40/h3-23H,1-2H3. The van der Waals surface area contributed by atoms with Crippen LogP contribution < -0.4 is 0 Å². The SMILES string of the molecule is CC1(C)c2ccccc2-c2ccc(-n3c4ccccc4c4c5c6ccccc6ccc5c5ccccc5c43)cc21. The molecular formula is C39H27N. The average Bonchev–Trinajstić information content (AvgIpc) is 3.46. The molecule has 0 spiro atoms. The van der Waals surface area contributed by atoms with E-state index in [9.17, 15) is 0 Å². The predicted octanol–water partition coefficient (Wildman–Crippen LogP) is 10.5. The van der Waals surface area contributed by atoms with Gasteiger partial charge in [-0.05, 0) is 62.0 Å². The maximum absolute atomic E-state index is 2.52. The van der Waals surface area contributed by atoms with Crippen molar-refractivity contribution in [3.05, 3.63) is 139 Å². The molecule has 188 valence electrons. The van der Waals surface area contributed by atoms with Gasteiger partial charge >= 0.3 is 0 Å². The van der Waals surface area contributed by atoms with E-state index in [4.69, 9.17) is 0 Å². The minimum Gasteiger partial charge on any atom is -0.309 e. The second-order valence-electron chi connectivity index (χ2n) is 11.7. The van der Waals surface area contributed by atoms with Crippen molar-refractivity contribution in [1.29, 1.82) is 0 Å². The largest absolute Gasteiger partial charge is 0.309 e. The molecule has 0 aliphatic heterocycles. The highest BCUT2D eigenvalue weighted by Gasteiger charge is 2.35. The lowest BCUT2D eigenvalue weighted by Gasteiger charge is -2.22. The number of hydrogen-bond donors (Lipinski definition) is 0. The van der Waals surface area contributed by atoms with Crippen molar-refractivity contribution < 1.29 is 0 Å². The average molecular weight is 510 g/mol. The normalized spacial score (nSPS) is 13.9. The summed E-state index contributed by atoms with van der Waals surface area (Å²) in [4.78, 5) is 0. The van der Waals surface area contributed by atoms with Crippen LogP contribution in [0.3, 0.4) is 0 Å². The Hall–Kier alpha value is -4.88. The summed E-state index contributed by atoms with van der Waals surface area (Å²) in [5.74, 6) is 0. The lowest BCUT2D eigenvalue weighted by molar-refractivity contribution is 0.660. The second-order valence-corrected chi connectivity index (χ2v) is 11.7. The fourth-order valence-corrected chi connectivity index (χ4v) is 7.54. The number of nitrogens with zero attached hydrogens (tertiary/aromatic N) is 1. The Morgan fingerprint density at radius 1 is 0.475 bits per heavy atom. The summed E-state index contributed by atoms with van der Waals surface area (Å²) in [6.45, 7) is 4.73. The fraction of sp³-hybridized carbons (Fsp3) is 0.0769. The Morgan fingerprint density at radius 3 is 2.02 bits per heavy atom. The van der Waals surface area contributed by atoms with E-state index in [0.717, 1.165) is 0 Å². The second kappa shape index (κ2) is 7.61. The molecule has 1 aromatic heterocycles. The van der Waals surface area contributed by atoms with Crippen molar-refractivity contribution in [3.63, 3.8) is 0 Å². The topological polar surface area (TPSA) is 4.93 Å². The first kappa shape index (κ1) is 22.0. The van der Waals surface area contributed by atoms with E-state index < -0.39 is 0 Å². The number of fused-ring (bicyclic) bond motifs is 13. The first-order chi connectivity index (χ1) is 19.6. The molecule has 40 heavy (non-hydrogen) atoms. The van der Waals surface area contributed by atoms with Crippen molar-refractivity contribution in [2.75, 3.05) is 0 Å². The van der Waals surface area contributed by atoms with E-state index in [2.05, 4.69) is 146 Å². The van der Waals surface area contributed by atoms with Crippen LogP contribution in [-0.2, 0) is 5.41 Å². The highest BCUT2D eigenvalue weighted by atomic mass is 15.0. The molecule has 0 amide bonds. The van der Waals surface area contributed by atoms with Crippen LogP contribution in [0.5, 0.6) is 0 Å². The van der Waals surface area contributed by atoms with E-state index in [1.165, 1.54) is 82.1 Å². The molecule has 0 fully saturated rings. The molecule has 1 aliphatic rings. The maximum Gasteiger partial charge on any atom is 0.0626 e. The van der Waals surface area contributed by atoms with Gasteiger partial charge in [0.15, 0.2) is 0 Å². The van der Waals surface area contributed by atoms with Crippen molar-refractivity contribution in [1.82, 2.24) is 4.57 Å². The Morgan fingerprint density at radius 2 is 1.15 bits per heavy atom. The van der Waals surface area contributed by atoms with Gasteiger partial charge in [-0.1, -0.05) is 123 Å².